The summed E-state index contributed by atoms with van der Waals surface area (Å²) < 4.78 is 11.3. The van der Waals surface area contributed by atoms with Crippen molar-refractivity contribution in [3.63, 3.8) is 0 Å². The van der Waals surface area contributed by atoms with E-state index in [2.05, 4.69) is 5.32 Å². The molecule has 4 nitrogen and oxygen atoms in total. The molecule has 2 saturated heterocycles. The van der Waals surface area contributed by atoms with Crippen molar-refractivity contribution in [2.75, 3.05) is 6.54 Å². The molecule has 0 aromatic heterocycles. The van der Waals surface area contributed by atoms with Gasteiger partial charge < -0.3 is 19.9 Å². The molecule has 0 aromatic carbocycles. The van der Waals surface area contributed by atoms with Crippen molar-refractivity contribution in [3.8, 4) is 0 Å². The third kappa shape index (κ3) is 1.59. The Morgan fingerprint density at radius 1 is 1.31 bits per heavy atom. The molecule has 0 amide bonds. The zero-order valence-corrected chi connectivity index (χ0v) is 8.28. The van der Waals surface area contributed by atoms with E-state index in [0.29, 0.717) is 6.54 Å². The molecule has 0 bridgehead atoms. The number of nitrogens with one attached hydrogen (secondary N) is 1. The topological polar surface area (TPSA) is 50.7 Å². The lowest BCUT2D eigenvalue weighted by atomic mass is 9.98. The van der Waals surface area contributed by atoms with Gasteiger partial charge in [0.15, 0.2) is 5.79 Å². The molecule has 0 saturated carbocycles. The molecule has 13 heavy (non-hydrogen) atoms. The molecule has 0 spiro atoms. The molecule has 2 N–H and O–H groups in total. The number of aliphatic hydroxyl groups is 1. The first kappa shape index (κ1) is 9.40. The number of fused-ring (bicyclic) bond motifs is 1. The second-order valence-electron chi connectivity index (χ2n) is 4.33. The van der Waals surface area contributed by atoms with Gasteiger partial charge in [-0.1, -0.05) is 0 Å². The van der Waals surface area contributed by atoms with E-state index in [1.54, 1.807) is 0 Å². The summed E-state index contributed by atoms with van der Waals surface area (Å²) in [4.78, 5) is 0. The largest absolute Gasteiger partial charge is 0.389 e. The summed E-state index contributed by atoms with van der Waals surface area (Å²) in [5, 5.41) is 12.8. The molecule has 0 aromatic rings. The zero-order valence-electron chi connectivity index (χ0n) is 8.28. The van der Waals surface area contributed by atoms with Crippen LogP contribution in [0, 0.1) is 0 Å². The van der Waals surface area contributed by atoms with Crippen LogP contribution in [0.15, 0.2) is 0 Å². The maximum atomic E-state index is 9.66. The van der Waals surface area contributed by atoms with Crippen LogP contribution in [-0.2, 0) is 9.47 Å². The Labute approximate surface area is 78.2 Å². The van der Waals surface area contributed by atoms with Gasteiger partial charge >= 0.3 is 0 Å². The molecule has 2 rings (SSSR count). The first-order valence-corrected chi connectivity index (χ1v) is 4.77. The molecule has 2 aliphatic rings. The summed E-state index contributed by atoms with van der Waals surface area (Å²) in [6, 6.07) is 0.246. The SMILES string of the molecule is C[C@H]1NC[C@H](O)C2OC(C)(C)O[C@H]21. The first-order chi connectivity index (χ1) is 5.99. The Morgan fingerprint density at radius 3 is 2.54 bits per heavy atom. The second-order valence-corrected chi connectivity index (χ2v) is 4.33. The Bertz CT molecular complexity index is 187. The van der Waals surface area contributed by atoms with E-state index in [1.165, 1.54) is 0 Å². The van der Waals surface area contributed by atoms with Gasteiger partial charge in [0.25, 0.3) is 0 Å². The third-order valence-corrected chi connectivity index (χ3v) is 2.68. The molecule has 2 heterocycles. The van der Waals surface area contributed by atoms with Gasteiger partial charge in [-0.05, 0) is 20.8 Å². The molecule has 76 valence electrons. The van der Waals surface area contributed by atoms with Crippen molar-refractivity contribution in [2.24, 2.45) is 0 Å². The fraction of sp³-hybridized carbons (Fsp3) is 1.00. The average Bonchev–Trinajstić information content (AvgIpc) is 2.35. The van der Waals surface area contributed by atoms with Gasteiger partial charge in [-0.25, -0.2) is 0 Å². The normalized spacial score (nSPS) is 48.9. The Morgan fingerprint density at radius 2 is 1.92 bits per heavy atom. The number of rotatable bonds is 0. The number of hydrogen-bond donors (Lipinski definition) is 2. The molecule has 1 unspecified atom stereocenters. The van der Waals surface area contributed by atoms with E-state index < -0.39 is 11.9 Å². The second kappa shape index (κ2) is 2.92. The number of hydrogen-bond acceptors (Lipinski definition) is 4. The standard InChI is InChI=1S/C9H17NO3/c1-5-7-8(6(11)4-10-5)13-9(2,3)12-7/h5-8,10-11H,4H2,1-3H3/t5-,6+,7+,8?/m1/s1. The molecular formula is C9H17NO3. The van der Waals surface area contributed by atoms with E-state index >= 15 is 0 Å². The summed E-state index contributed by atoms with van der Waals surface area (Å²) >= 11 is 0. The highest BCUT2D eigenvalue weighted by molar-refractivity contribution is 4.96. The van der Waals surface area contributed by atoms with Crippen molar-refractivity contribution in [1.82, 2.24) is 5.32 Å². The van der Waals surface area contributed by atoms with E-state index in [-0.39, 0.29) is 18.2 Å². The quantitative estimate of drug-likeness (QED) is 0.554. The van der Waals surface area contributed by atoms with Crippen LogP contribution in [0.5, 0.6) is 0 Å². The fourth-order valence-corrected chi connectivity index (χ4v) is 2.04. The first-order valence-electron chi connectivity index (χ1n) is 4.77. The van der Waals surface area contributed by atoms with Gasteiger partial charge in [0.05, 0.1) is 6.10 Å². The fourth-order valence-electron chi connectivity index (χ4n) is 2.04. The summed E-state index contributed by atoms with van der Waals surface area (Å²) in [5.74, 6) is -0.559. The van der Waals surface area contributed by atoms with Crippen molar-refractivity contribution in [1.29, 1.82) is 0 Å². The van der Waals surface area contributed by atoms with Crippen LogP contribution >= 0.6 is 0 Å². The smallest absolute Gasteiger partial charge is 0.163 e. The van der Waals surface area contributed by atoms with Crippen LogP contribution in [0.25, 0.3) is 0 Å². The van der Waals surface area contributed by atoms with Gasteiger partial charge in [-0.3, -0.25) is 0 Å². The number of aliphatic hydroxyl groups excluding tert-OH is 1. The van der Waals surface area contributed by atoms with Gasteiger partial charge in [-0.2, -0.15) is 0 Å². The van der Waals surface area contributed by atoms with Gasteiger partial charge in [0.1, 0.15) is 12.2 Å². The minimum Gasteiger partial charge on any atom is -0.389 e. The number of ether oxygens (including phenoxy) is 2. The highest BCUT2D eigenvalue weighted by Gasteiger charge is 2.49. The summed E-state index contributed by atoms with van der Waals surface area (Å²) in [6.07, 6.45) is -0.659. The number of piperidine rings is 1. The Hall–Kier alpha value is -0.160. The lowest BCUT2D eigenvalue weighted by Gasteiger charge is -2.33. The van der Waals surface area contributed by atoms with Crippen LogP contribution in [0.4, 0.5) is 0 Å². The van der Waals surface area contributed by atoms with Crippen molar-refractivity contribution in [2.45, 2.75) is 50.9 Å². The van der Waals surface area contributed by atoms with Gasteiger partial charge in [0.2, 0.25) is 0 Å². The molecule has 0 radical (unpaired) electrons. The predicted molar refractivity (Wildman–Crippen MR) is 47.3 cm³/mol. The Balaban J connectivity index is 2.14. The lowest BCUT2D eigenvalue weighted by Crippen LogP contribution is -2.57. The van der Waals surface area contributed by atoms with E-state index in [0.717, 1.165) is 0 Å². The van der Waals surface area contributed by atoms with Crippen LogP contribution < -0.4 is 5.32 Å². The van der Waals surface area contributed by atoms with Crippen LogP contribution in [0.1, 0.15) is 20.8 Å². The highest BCUT2D eigenvalue weighted by Crippen LogP contribution is 2.33. The summed E-state index contributed by atoms with van der Waals surface area (Å²) in [7, 11) is 0. The van der Waals surface area contributed by atoms with Crippen molar-refractivity contribution in [3.05, 3.63) is 0 Å². The minimum atomic E-state index is -0.559. The van der Waals surface area contributed by atoms with Crippen LogP contribution in [-0.4, -0.2) is 41.8 Å². The Kier molecular flexibility index (Phi) is 2.11. The van der Waals surface area contributed by atoms with Gasteiger partial charge in [0, 0.05) is 12.6 Å². The number of β-amino-alcohol motifs (C(OH)–C–C–N with tert-alkyl or cyclic N) is 1. The van der Waals surface area contributed by atoms with Crippen molar-refractivity contribution < 1.29 is 14.6 Å². The van der Waals surface area contributed by atoms with E-state index in [9.17, 15) is 5.11 Å². The third-order valence-electron chi connectivity index (χ3n) is 2.68. The maximum absolute atomic E-state index is 9.66. The predicted octanol–water partition coefficient (Wildman–Crippen LogP) is -0.141. The molecular weight excluding hydrogens is 170 g/mol. The van der Waals surface area contributed by atoms with Crippen LogP contribution in [0.2, 0.25) is 0 Å². The minimum absolute atomic E-state index is 0.0289. The maximum Gasteiger partial charge on any atom is 0.163 e. The van der Waals surface area contributed by atoms with Crippen molar-refractivity contribution >= 4 is 0 Å². The van der Waals surface area contributed by atoms with E-state index in [1.807, 2.05) is 20.8 Å². The molecule has 0 aliphatic carbocycles. The monoisotopic (exact) mass is 187 g/mol. The summed E-state index contributed by atoms with van der Waals surface area (Å²) in [6.45, 7) is 6.39. The highest BCUT2D eigenvalue weighted by atomic mass is 16.8. The molecule has 2 aliphatic heterocycles. The van der Waals surface area contributed by atoms with Gasteiger partial charge in [-0.15, -0.1) is 0 Å². The van der Waals surface area contributed by atoms with E-state index in [4.69, 9.17) is 9.47 Å². The average molecular weight is 187 g/mol. The zero-order chi connectivity index (χ0) is 9.64. The van der Waals surface area contributed by atoms with Crippen LogP contribution in [0.3, 0.4) is 0 Å². The molecule has 4 atom stereocenters. The molecule has 2 fully saturated rings. The molecule has 4 heteroatoms. The lowest BCUT2D eigenvalue weighted by molar-refractivity contribution is -0.153. The summed E-state index contributed by atoms with van der Waals surface area (Å²) in [5.41, 5.74) is 0.